The number of carbonyl (C=O) groups excluding carboxylic acids is 2. The van der Waals surface area contributed by atoms with Gasteiger partial charge < -0.3 is 5.32 Å². The van der Waals surface area contributed by atoms with Crippen molar-refractivity contribution in [1.29, 1.82) is 5.26 Å². The Labute approximate surface area is 127 Å². The molecule has 1 fully saturated rings. The van der Waals surface area contributed by atoms with E-state index in [1.54, 1.807) is 36.4 Å². The molecule has 2 aromatic carbocycles. The largest absolute Gasteiger partial charge is 0.325 e. The van der Waals surface area contributed by atoms with Gasteiger partial charge in [-0.25, -0.2) is 4.79 Å². The van der Waals surface area contributed by atoms with Gasteiger partial charge in [0.1, 0.15) is 6.04 Å². The summed E-state index contributed by atoms with van der Waals surface area (Å²) in [7, 11) is 0. The van der Waals surface area contributed by atoms with Crippen LogP contribution in [0.25, 0.3) is 0 Å². The number of hydrogen-bond acceptors (Lipinski definition) is 3. The molecule has 1 aliphatic rings. The van der Waals surface area contributed by atoms with E-state index < -0.39 is 12.1 Å². The van der Waals surface area contributed by atoms with Crippen LogP contribution in [0.4, 0.5) is 4.79 Å². The zero-order valence-electron chi connectivity index (χ0n) is 11.7. The lowest BCUT2D eigenvalue weighted by molar-refractivity contribution is -0.128. The molecule has 3 amide bonds. The number of rotatable bonds is 3. The molecule has 1 saturated heterocycles. The Morgan fingerprint density at radius 3 is 2.45 bits per heavy atom. The molecule has 1 aliphatic heterocycles. The molecule has 0 radical (unpaired) electrons. The highest BCUT2D eigenvalue weighted by Gasteiger charge is 2.38. The van der Waals surface area contributed by atoms with Crippen LogP contribution < -0.4 is 5.32 Å². The maximum atomic E-state index is 12.5. The van der Waals surface area contributed by atoms with Gasteiger partial charge in [-0.15, -0.1) is 0 Å². The third-order valence-electron chi connectivity index (χ3n) is 3.63. The highest BCUT2D eigenvalue weighted by molar-refractivity contribution is 6.04. The minimum absolute atomic E-state index is 0.0950. The fourth-order valence-corrected chi connectivity index (χ4v) is 2.48. The average Bonchev–Trinajstić information content (AvgIpc) is 2.84. The molecule has 0 spiro atoms. The molecular formula is C17H13N3O2. The van der Waals surface area contributed by atoms with E-state index in [9.17, 15) is 9.59 Å². The summed E-state index contributed by atoms with van der Waals surface area (Å²) in [4.78, 5) is 25.7. The normalized spacial score (nSPS) is 17.2. The van der Waals surface area contributed by atoms with Crippen LogP contribution in [-0.4, -0.2) is 16.8 Å². The van der Waals surface area contributed by atoms with Gasteiger partial charge in [0.05, 0.1) is 18.2 Å². The highest BCUT2D eigenvalue weighted by atomic mass is 16.2. The van der Waals surface area contributed by atoms with Crippen molar-refractivity contribution in [2.75, 3.05) is 0 Å². The van der Waals surface area contributed by atoms with E-state index >= 15 is 0 Å². The summed E-state index contributed by atoms with van der Waals surface area (Å²) in [5.41, 5.74) is 1.87. The van der Waals surface area contributed by atoms with Crippen molar-refractivity contribution in [3.63, 3.8) is 0 Å². The van der Waals surface area contributed by atoms with E-state index in [1.807, 2.05) is 18.2 Å². The molecule has 0 aromatic heterocycles. The van der Waals surface area contributed by atoms with E-state index in [0.717, 1.165) is 10.5 Å². The Morgan fingerprint density at radius 1 is 1.05 bits per heavy atom. The highest BCUT2D eigenvalue weighted by Crippen LogP contribution is 2.23. The molecule has 108 valence electrons. The summed E-state index contributed by atoms with van der Waals surface area (Å²) >= 11 is 0. The summed E-state index contributed by atoms with van der Waals surface area (Å²) in [6, 6.07) is 17.0. The SMILES string of the molecule is N#Cc1ccccc1CN1C(=O)NC(c2ccccc2)C1=O. The minimum Gasteiger partial charge on any atom is -0.322 e. The third kappa shape index (κ3) is 2.42. The summed E-state index contributed by atoms with van der Waals surface area (Å²) in [6.07, 6.45) is 0. The number of benzene rings is 2. The standard InChI is InChI=1S/C17H13N3O2/c18-10-13-8-4-5-9-14(13)11-20-16(21)15(19-17(20)22)12-6-2-1-3-7-12/h1-9,15H,11H2,(H,19,22). The van der Waals surface area contributed by atoms with Crippen molar-refractivity contribution in [2.24, 2.45) is 0 Å². The van der Waals surface area contributed by atoms with E-state index in [1.165, 1.54) is 0 Å². The first-order valence-corrected chi connectivity index (χ1v) is 6.85. The number of nitriles is 1. The number of carbonyl (C=O) groups is 2. The van der Waals surface area contributed by atoms with Gasteiger partial charge in [0.15, 0.2) is 0 Å². The molecular weight excluding hydrogens is 278 g/mol. The molecule has 0 bridgehead atoms. The van der Waals surface area contributed by atoms with E-state index in [4.69, 9.17) is 5.26 Å². The van der Waals surface area contributed by atoms with Crippen LogP contribution in [0.3, 0.4) is 0 Å². The van der Waals surface area contributed by atoms with Gasteiger partial charge in [0.25, 0.3) is 5.91 Å². The predicted molar refractivity (Wildman–Crippen MR) is 79.4 cm³/mol. The fourth-order valence-electron chi connectivity index (χ4n) is 2.48. The number of amides is 3. The first kappa shape index (κ1) is 13.8. The topological polar surface area (TPSA) is 73.2 Å². The average molecular weight is 291 g/mol. The number of urea groups is 1. The van der Waals surface area contributed by atoms with Crippen LogP contribution in [-0.2, 0) is 11.3 Å². The Morgan fingerprint density at radius 2 is 1.73 bits per heavy atom. The van der Waals surface area contributed by atoms with Gasteiger partial charge in [-0.1, -0.05) is 48.5 Å². The molecule has 1 heterocycles. The zero-order valence-corrected chi connectivity index (χ0v) is 11.7. The minimum atomic E-state index is -0.664. The molecule has 1 atom stereocenters. The van der Waals surface area contributed by atoms with Crippen molar-refractivity contribution in [3.05, 3.63) is 71.3 Å². The molecule has 1 N–H and O–H groups in total. The fraction of sp³-hybridized carbons (Fsp3) is 0.118. The quantitative estimate of drug-likeness (QED) is 0.882. The van der Waals surface area contributed by atoms with Crippen LogP contribution in [0.2, 0.25) is 0 Å². The summed E-state index contributed by atoms with van der Waals surface area (Å²) in [6.45, 7) is 0.0950. The van der Waals surface area contributed by atoms with Gasteiger partial charge in [-0.05, 0) is 17.2 Å². The van der Waals surface area contributed by atoms with Crippen molar-refractivity contribution in [3.8, 4) is 6.07 Å². The Bertz CT molecular complexity index is 765. The summed E-state index contributed by atoms with van der Waals surface area (Å²) in [5, 5.41) is 11.8. The summed E-state index contributed by atoms with van der Waals surface area (Å²) in [5.74, 6) is -0.302. The number of hydrogen-bond donors (Lipinski definition) is 1. The molecule has 5 nitrogen and oxygen atoms in total. The lowest BCUT2D eigenvalue weighted by Crippen LogP contribution is -2.30. The predicted octanol–water partition coefficient (Wildman–Crippen LogP) is 2.35. The van der Waals surface area contributed by atoms with Crippen molar-refractivity contribution < 1.29 is 9.59 Å². The first-order valence-electron chi connectivity index (χ1n) is 6.85. The Hall–Kier alpha value is -3.13. The second kappa shape index (κ2) is 5.70. The van der Waals surface area contributed by atoms with Gasteiger partial charge in [0, 0.05) is 0 Å². The van der Waals surface area contributed by atoms with Crippen LogP contribution >= 0.6 is 0 Å². The number of nitrogens with one attached hydrogen (secondary N) is 1. The second-order valence-corrected chi connectivity index (χ2v) is 4.99. The van der Waals surface area contributed by atoms with E-state index in [-0.39, 0.29) is 12.5 Å². The molecule has 0 saturated carbocycles. The molecule has 3 rings (SSSR count). The van der Waals surface area contributed by atoms with E-state index in [0.29, 0.717) is 11.1 Å². The lowest BCUT2D eigenvalue weighted by atomic mass is 10.1. The van der Waals surface area contributed by atoms with Gasteiger partial charge in [0.2, 0.25) is 0 Å². The number of imide groups is 1. The first-order chi connectivity index (χ1) is 10.7. The molecule has 1 unspecified atom stereocenters. The van der Waals surface area contributed by atoms with Crippen molar-refractivity contribution in [2.45, 2.75) is 12.6 Å². The van der Waals surface area contributed by atoms with Gasteiger partial charge >= 0.3 is 6.03 Å². The molecule has 0 aliphatic carbocycles. The number of nitrogens with zero attached hydrogens (tertiary/aromatic N) is 2. The van der Waals surface area contributed by atoms with Crippen molar-refractivity contribution in [1.82, 2.24) is 10.2 Å². The van der Waals surface area contributed by atoms with Gasteiger partial charge in [-0.3, -0.25) is 9.69 Å². The summed E-state index contributed by atoms with van der Waals surface area (Å²) < 4.78 is 0. The lowest BCUT2D eigenvalue weighted by Gasteiger charge is -2.14. The van der Waals surface area contributed by atoms with Crippen LogP contribution in [0.1, 0.15) is 22.7 Å². The Balaban J connectivity index is 1.85. The van der Waals surface area contributed by atoms with Crippen LogP contribution in [0.5, 0.6) is 0 Å². The van der Waals surface area contributed by atoms with Crippen molar-refractivity contribution >= 4 is 11.9 Å². The maximum absolute atomic E-state index is 12.5. The molecule has 22 heavy (non-hydrogen) atoms. The smallest absolute Gasteiger partial charge is 0.322 e. The van der Waals surface area contributed by atoms with Gasteiger partial charge in [-0.2, -0.15) is 5.26 Å². The van der Waals surface area contributed by atoms with E-state index in [2.05, 4.69) is 11.4 Å². The monoisotopic (exact) mass is 291 g/mol. The third-order valence-corrected chi connectivity index (χ3v) is 3.63. The Kier molecular flexibility index (Phi) is 3.58. The second-order valence-electron chi connectivity index (χ2n) is 4.99. The molecule has 5 heteroatoms. The molecule has 2 aromatic rings. The van der Waals surface area contributed by atoms with Crippen LogP contribution in [0, 0.1) is 11.3 Å². The maximum Gasteiger partial charge on any atom is 0.325 e. The zero-order chi connectivity index (χ0) is 15.5. The van der Waals surface area contributed by atoms with Crippen LogP contribution in [0.15, 0.2) is 54.6 Å².